The molecule has 3 unspecified atom stereocenters. The summed E-state index contributed by atoms with van der Waals surface area (Å²) in [6.07, 6.45) is -23.7. The normalized spacial score (nSPS) is 23.7. The van der Waals surface area contributed by atoms with E-state index in [9.17, 15) is 84.1 Å². The summed E-state index contributed by atoms with van der Waals surface area (Å²) in [7, 11) is 0. The molecule has 3 saturated carbocycles. The Morgan fingerprint density at radius 3 is 1.00 bits per heavy atom. The zero-order valence-corrected chi connectivity index (χ0v) is 49.9. The Labute approximate surface area is 528 Å². The lowest BCUT2D eigenvalue weighted by Gasteiger charge is -2.37. The molecule has 0 amide bonds. The number of piperidine rings is 3. The number of hydrogen-bond donors (Lipinski definition) is 2. The van der Waals surface area contributed by atoms with Crippen molar-refractivity contribution in [2.45, 2.75) is 115 Å². The summed E-state index contributed by atoms with van der Waals surface area (Å²) in [5.41, 5.74) is -2.26. The number of oxime groups is 1. The van der Waals surface area contributed by atoms with Crippen LogP contribution in [0.5, 0.6) is 34.5 Å². The van der Waals surface area contributed by atoms with Crippen LogP contribution in [0.3, 0.4) is 0 Å². The standard InChI is InChI=1S/C20H20F6N4O2S.C17H16F6N4O2S.C17H15F6N3O2S.CH4/c1-10(2)29-32-15-7-13(19(21,22)23)5-6-14(15)31-16-11-3-4-12(16)9-30(8-11)18-28-27-17(33-18)20(24,25)26;18-16(19,20)10-3-4-11(12(5-10)29-24)28-13-8-1-2-9(13)7-27(6-8)15-26-25-14(30-15)17(21,22)23;18-16(19,20)10-3-4-12(11(27)5-10)28-13-8-1-2-9(13)7-26(6-8)15-25-24-14(29-15)17(21,22)23;/h5-7,11-12,16H,3-4,8-9H2,1-2H3;3-5,8-9,13H,1-2,6-7,24H2;3-5,8-9,13,27H,1-2,6-7H2;1H4/t11-,12+,16?;2*8-,9+,13?;. The first-order chi connectivity index (χ1) is 43.0. The molecule has 6 heterocycles. The van der Waals surface area contributed by atoms with E-state index in [2.05, 4.69) is 40.6 Å². The van der Waals surface area contributed by atoms with Crippen LogP contribution in [0, 0.1) is 35.5 Å². The summed E-state index contributed by atoms with van der Waals surface area (Å²) in [5, 5.41) is 31.9. The minimum absolute atomic E-state index is 0. The first-order valence-electron chi connectivity index (χ1n) is 27.8. The van der Waals surface area contributed by atoms with Crippen molar-refractivity contribution in [3.8, 4) is 34.5 Å². The molecule has 0 spiro atoms. The van der Waals surface area contributed by atoms with Crippen molar-refractivity contribution in [2.24, 2.45) is 46.6 Å². The van der Waals surface area contributed by atoms with Crippen molar-refractivity contribution in [2.75, 3.05) is 54.0 Å². The Hall–Kier alpha value is -7.09. The topological polar surface area (TPSA) is 192 Å². The van der Waals surface area contributed by atoms with E-state index in [0.29, 0.717) is 85.1 Å². The molecule has 0 radical (unpaired) electrons. The zero-order valence-electron chi connectivity index (χ0n) is 47.4. The number of alkyl halides is 18. The van der Waals surface area contributed by atoms with Gasteiger partial charge in [0.25, 0.3) is 0 Å². The van der Waals surface area contributed by atoms with Crippen molar-refractivity contribution >= 4 is 55.1 Å². The van der Waals surface area contributed by atoms with Crippen molar-refractivity contribution in [1.29, 1.82) is 0 Å². The average Bonchev–Trinajstić information content (AvgIpc) is 1.68. The Morgan fingerprint density at radius 2 is 0.720 bits per heavy atom. The minimum atomic E-state index is -4.57. The molecule has 510 valence electrons. The van der Waals surface area contributed by atoms with Crippen LogP contribution in [0.1, 0.15) is 91.5 Å². The highest BCUT2D eigenvalue weighted by atomic mass is 32.1. The number of fused-ring (bicyclic) bond motifs is 6. The van der Waals surface area contributed by atoms with E-state index in [1.807, 2.05) is 0 Å². The summed E-state index contributed by atoms with van der Waals surface area (Å²) in [6, 6.07) is 8.34. The average molecular weight is 1400 g/mol. The molecular weight excluding hydrogens is 1350 g/mol. The third-order valence-corrected chi connectivity index (χ3v) is 19.2. The van der Waals surface area contributed by atoms with Gasteiger partial charge in [0.2, 0.25) is 30.4 Å². The van der Waals surface area contributed by atoms with Gasteiger partial charge in [0.05, 0.1) is 22.4 Å². The van der Waals surface area contributed by atoms with E-state index < -0.39 is 74.5 Å². The molecule has 3 aromatic heterocycles. The van der Waals surface area contributed by atoms with Crippen LogP contribution in [-0.4, -0.2) is 99.0 Å². The highest BCUT2D eigenvalue weighted by Crippen LogP contribution is 2.49. The van der Waals surface area contributed by atoms with Gasteiger partial charge in [0.15, 0.2) is 34.5 Å². The van der Waals surface area contributed by atoms with Crippen molar-refractivity contribution < 1.29 is 108 Å². The molecule has 12 rings (SSSR count). The van der Waals surface area contributed by atoms with E-state index in [0.717, 1.165) is 81.0 Å². The van der Waals surface area contributed by atoms with Gasteiger partial charge in [-0.05, 0) is 107 Å². The first-order valence-corrected chi connectivity index (χ1v) is 30.3. The molecule has 3 aliphatic heterocycles. The van der Waals surface area contributed by atoms with E-state index in [-0.39, 0.29) is 105 Å². The summed E-state index contributed by atoms with van der Waals surface area (Å²) < 4.78 is 249. The Bertz CT molecular complexity index is 3540. The lowest BCUT2D eigenvalue weighted by Crippen LogP contribution is -2.47. The Kier molecular flexibility index (Phi) is 20.4. The van der Waals surface area contributed by atoms with Crippen LogP contribution in [0.15, 0.2) is 59.8 Å². The fraction of sp³-hybridized carbons (Fsp3) is 0.545. The van der Waals surface area contributed by atoms with Gasteiger partial charge in [-0.2, -0.15) is 84.9 Å². The fourth-order valence-electron chi connectivity index (χ4n) is 12.0. The van der Waals surface area contributed by atoms with Crippen LogP contribution in [-0.2, 0) is 37.1 Å². The maximum Gasteiger partial charge on any atom is 0.445 e. The molecule has 38 heteroatoms. The number of aromatic nitrogens is 6. The molecule has 17 nitrogen and oxygen atoms in total. The van der Waals surface area contributed by atoms with Gasteiger partial charge in [0.1, 0.15) is 18.3 Å². The predicted molar refractivity (Wildman–Crippen MR) is 300 cm³/mol. The number of aromatic hydroxyl groups is 1. The second-order valence-electron chi connectivity index (χ2n) is 22.7. The molecule has 3 aliphatic carbocycles. The van der Waals surface area contributed by atoms with Crippen molar-refractivity contribution in [3.05, 3.63) is 86.3 Å². The summed E-state index contributed by atoms with van der Waals surface area (Å²) in [4.78, 5) is 15.1. The molecule has 9 atom stereocenters. The van der Waals surface area contributed by atoms with E-state index in [4.69, 9.17) is 24.9 Å². The number of phenolic OH excluding ortho intramolecular Hbond substituents is 1. The first kappa shape index (κ1) is 70.2. The lowest BCUT2D eigenvalue weighted by molar-refractivity contribution is -0.138. The number of benzene rings is 3. The number of hydrogen-bond acceptors (Lipinski definition) is 20. The molecule has 93 heavy (non-hydrogen) atoms. The molecule has 3 aromatic carbocycles. The van der Waals surface area contributed by atoms with Crippen molar-refractivity contribution in [1.82, 2.24) is 30.6 Å². The molecular formula is C55H55F18N11O6S3. The van der Waals surface area contributed by atoms with Gasteiger partial charge in [-0.25, -0.2) is 0 Å². The van der Waals surface area contributed by atoms with Crippen molar-refractivity contribution in [3.63, 3.8) is 0 Å². The molecule has 3 saturated heterocycles. The zero-order chi connectivity index (χ0) is 66.6. The number of rotatable bonds is 12. The van der Waals surface area contributed by atoms with Crippen LogP contribution in [0.25, 0.3) is 0 Å². The number of ether oxygens (including phenoxy) is 3. The Morgan fingerprint density at radius 1 is 0.430 bits per heavy atom. The fourth-order valence-corrected chi connectivity index (χ4v) is 14.2. The van der Waals surface area contributed by atoms with Gasteiger partial charge < -0.3 is 43.7 Å². The molecule has 3 N–H and O–H groups in total. The largest absolute Gasteiger partial charge is 0.504 e. The maximum atomic E-state index is 13.2. The summed E-state index contributed by atoms with van der Waals surface area (Å²) >= 11 is 1.46. The number of phenols is 1. The smallest absolute Gasteiger partial charge is 0.445 e. The SMILES string of the molecule is C.CC(C)=NOc1cc(C(F)(F)F)ccc1OC1[C@@H]2CC[C@H]1CN(c1nnc(C(F)(F)F)s1)C2.NOc1cc(C(F)(F)F)ccc1OC1[C@@H]2CC[C@H]1CN(c1nnc(C(F)(F)F)s1)C2.Oc1cc(C(F)(F)F)ccc1OC1[C@@H]2CC[C@H]1CN(c1nnc(C(F)(F)F)s1)C2. The monoisotopic (exact) mass is 1400 g/mol. The van der Waals surface area contributed by atoms with Crippen LogP contribution in [0.4, 0.5) is 94.4 Å². The van der Waals surface area contributed by atoms with Crippen LogP contribution >= 0.6 is 34.0 Å². The molecule has 6 aromatic rings. The highest BCUT2D eigenvalue weighted by Gasteiger charge is 2.50. The number of nitrogens with zero attached hydrogens (tertiary/aromatic N) is 10. The third-order valence-electron chi connectivity index (χ3n) is 16.1. The number of nitrogens with two attached hydrogens (primary N) is 1. The molecule has 6 aliphatic rings. The second kappa shape index (κ2) is 27.0. The number of halogens is 18. The van der Waals surface area contributed by atoms with Gasteiger partial charge >= 0.3 is 37.1 Å². The molecule has 6 bridgehead atoms. The quantitative estimate of drug-likeness (QED) is 0.0667. The predicted octanol–water partition coefficient (Wildman–Crippen LogP) is 15.0. The van der Waals surface area contributed by atoms with Crippen LogP contribution in [0.2, 0.25) is 0 Å². The maximum absolute atomic E-state index is 13.2. The second-order valence-corrected chi connectivity index (χ2v) is 25.5. The van der Waals surface area contributed by atoms with E-state index in [1.54, 1.807) is 28.5 Å². The summed E-state index contributed by atoms with van der Waals surface area (Å²) in [5.74, 6) is 4.12. The van der Waals surface area contributed by atoms with Gasteiger partial charge in [-0.3, -0.25) is 0 Å². The van der Waals surface area contributed by atoms with Gasteiger partial charge in [0, 0.05) is 74.8 Å². The van der Waals surface area contributed by atoms with Gasteiger partial charge in [-0.15, -0.1) is 30.6 Å². The number of anilines is 3. The lowest BCUT2D eigenvalue weighted by atomic mass is 9.95. The Balaban J connectivity index is 0.000000164. The molecule has 6 fully saturated rings. The van der Waals surface area contributed by atoms with E-state index in [1.165, 1.54) is 6.07 Å². The van der Waals surface area contributed by atoms with Gasteiger partial charge in [-0.1, -0.05) is 46.6 Å². The minimum Gasteiger partial charge on any atom is -0.504 e. The third kappa shape index (κ3) is 16.4. The van der Waals surface area contributed by atoms with E-state index >= 15 is 0 Å². The van der Waals surface area contributed by atoms with Crippen LogP contribution < -0.4 is 44.5 Å². The summed E-state index contributed by atoms with van der Waals surface area (Å²) in [6.45, 7) is 5.72. The highest BCUT2D eigenvalue weighted by molar-refractivity contribution is 7.16.